The van der Waals surface area contributed by atoms with Crippen LogP contribution in [0.25, 0.3) is 0 Å². The number of benzene rings is 2. The summed E-state index contributed by atoms with van der Waals surface area (Å²) < 4.78 is 11.8. The quantitative estimate of drug-likeness (QED) is 0.113. The van der Waals surface area contributed by atoms with Crippen LogP contribution in [-0.2, 0) is 0 Å². The van der Waals surface area contributed by atoms with Crippen molar-refractivity contribution in [2.24, 2.45) is 0 Å². The van der Waals surface area contributed by atoms with Gasteiger partial charge in [-0.1, -0.05) is 104 Å². The van der Waals surface area contributed by atoms with E-state index in [1.54, 1.807) is 0 Å². The molecule has 0 heterocycles. The van der Waals surface area contributed by atoms with E-state index in [9.17, 15) is 9.59 Å². The van der Waals surface area contributed by atoms with Gasteiger partial charge in [0.25, 0.3) is 11.8 Å². The van der Waals surface area contributed by atoms with Crippen LogP contribution in [0.3, 0.4) is 0 Å². The van der Waals surface area contributed by atoms with Crippen molar-refractivity contribution in [3.05, 3.63) is 59.7 Å². The van der Waals surface area contributed by atoms with Crippen LogP contribution >= 0.6 is 0 Å². The third-order valence-electron chi connectivity index (χ3n) is 9.11. The Labute approximate surface area is 279 Å². The van der Waals surface area contributed by atoms with Gasteiger partial charge in [0.15, 0.2) is 0 Å². The summed E-state index contributed by atoms with van der Waals surface area (Å²) in [4.78, 5) is 25.9. The molecular weight excluding hydrogens is 572 g/mol. The van der Waals surface area contributed by atoms with Crippen molar-refractivity contribution in [3.63, 3.8) is 0 Å². The summed E-state index contributed by atoms with van der Waals surface area (Å²) in [7, 11) is 0. The fourth-order valence-electron chi connectivity index (χ4n) is 6.25. The Kier molecular flexibility index (Phi) is 19.0. The van der Waals surface area contributed by atoms with Crippen molar-refractivity contribution in [2.45, 2.75) is 154 Å². The minimum atomic E-state index is -0.0748. The van der Waals surface area contributed by atoms with Crippen LogP contribution in [0.5, 0.6) is 11.5 Å². The van der Waals surface area contributed by atoms with E-state index in [0.717, 1.165) is 50.0 Å². The highest BCUT2D eigenvalue weighted by Crippen LogP contribution is 2.21. The standard InChI is InChI=1S/C40H62N2O4/c1-3-5-7-9-11-13-15-17-30-45-37-26-22-33(23-27-37)39(43)41-35-20-19-21-36(32-35)42-40(44)34-24-28-38(29-25-34)46-31-18-16-14-12-10-8-6-4-2/h22-29,35-36H,3-21,30-32H2,1-2H3,(H,41,43)(H,42,44). The van der Waals surface area contributed by atoms with Crippen molar-refractivity contribution < 1.29 is 19.1 Å². The molecule has 3 rings (SSSR count). The second-order valence-electron chi connectivity index (χ2n) is 13.2. The van der Waals surface area contributed by atoms with E-state index in [1.807, 2.05) is 48.5 Å². The number of carbonyl (C=O) groups excluding carboxylic acids is 2. The zero-order chi connectivity index (χ0) is 32.7. The molecule has 1 fully saturated rings. The molecule has 1 aliphatic rings. The first-order chi connectivity index (χ1) is 22.6. The van der Waals surface area contributed by atoms with Crippen LogP contribution in [0.2, 0.25) is 0 Å². The number of rotatable bonds is 24. The Hall–Kier alpha value is -3.02. The summed E-state index contributed by atoms with van der Waals surface area (Å²) >= 11 is 0. The maximum Gasteiger partial charge on any atom is 0.251 e. The van der Waals surface area contributed by atoms with Gasteiger partial charge in [-0.25, -0.2) is 0 Å². The van der Waals surface area contributed by atoms with Gasteiger partial charge in [-0.2, -0.15) is 0 Å². The lowest BCUT2D eigenvalue weighted by molar-refractivity contribution is 0.0903. The number of carbonyl (C=O) groups is 2. The summed E-state index contributed by atoms with van der Waals surface area (Å²) in [6, 6.07) is 15.0. The van der Waals surface area contributed by atoms with Crippen LogP contribution in [0, 0.1) is 0 Å². The topological polar surface area (TPSA) is 76.7 Å². The Morgan fingerprint density at radius 3 is 1.26 bits per heavy atom. The molecule has 2 aromatic rings. The average Bonchev–Trinajstić information content (AvgIpc) is 3.07. The summed E-state index contributed by atoms with van der Waals surface area (Å²) in [5.74, 6) is 1.47. The fourth-order valence-corrected chi connectivity index (χ4v) is 6.25. The zero-order valence-corrected chi connectivity index (χ0v) is 29.0. The molecule has 2 unspecified atom stereocenters. The molecule has 0 aliphatic heterocycles. The van der Waals surface area contributed by atoms with E-state index < -0.39 is 0 Å². The van der Waals surface area contributed by atoms with Gasteiger partial charge in [0.2, 0.25) is 0 Å². The summed E-state index contributed by atoms with van der Waals surface area (Å²) in [6.07, 6.45) is 24.0. The Bertz CT molecular complexity index is 1000. The lowest BCUT2D eigenvalue weighted by Gasteiger charge is -2.30. The zero-order valence-electron chi connectivity index (χ0n) is 29.0. The number of nitrogens with one attached hydrogen (secondary N) is 2. The lowest BCUT2D eigenvalue weighted by Crippen LogP contribution is -2.45. The molecule has 1 aliphatic carbocycles. The molecule has 256 valence electrons. The molecule has 0 bridgehead atoms. The maximum atomic E-state index is 13.0. The number of hydrogen-bond donors (Lipinski definition) is 2. The Balaban J connectivity index is 1.30. The monoisotopic (exact) mass is 634 g/mol. The lowest BCUT2D eigenvalue weighted by atomic mass is 9.90. The third-order valence-corrected chi connectivity index (χ3v) is 9.11. The van der Waals surface area contributed by atoms with Crippen molar-refractivity contribution in [3.8, 4) is 11.5 Å². The van der Waals surface area contributed by atoms with Gasteiger partial charge in [-0.15, -0.1) is 0 Å². The molecule has 0 radical (unpaired) electrons. The van der Waals surface area contributed by atoms with Crippen molar-refractivity contribution in [1.29, 1.82) is 0 Å². The van der Waals surface area contributed by atoms with Crippen LogP contribution in [0.15, 0.2) is 48.5 Å². The highest BCUT2D eigenvalue weighted by atomic mass is 16.5. The highest BCUT2D eigenvalue weighted by molar-refractivity contribution is 5.95. The number of amides is 2. The largest absolute Gasteiger partial charge is 0.494 e. The van der Waals surface area contributed by atoms with Gasteiger partial charge in [0.05, 0.1) is 13.2 Å². The van der Waals surface area contributed by atoms with E-state index in [0.29, 0.717) is 24.3 Å². The minimum Gasteiger partial charge on any atom is -0.494 e. The SMILES string of the molecule is CCCCCCCCCCOc1ccc(C(=O)NC2CCCC(NC(=O)c3ccc(OCCCCCCCCCC)cc3)C2)cc1. The van der Waals surface area contributed by atoms with Crippen LogP contribution in [0.1, 0.15) is 163 Å². The Morgan fingerprint density at radius 1 is 0.543 bits per heavy atom. The molecule has 2 amide bonds. The molecule has 2 atom stereocenters. The van der Waals surface area contributed by atoms with Crippen LogP contribution in [-0.4, -0.2) is 37.1 Å². The van der Waals surface area contributed by atoms with Gasteiger partial charge >= 0.3 is 0 Å². The molecular formula is C40H62N2O4. The van der Waals surface area contributed by atoms with Crippen molar-refractivity contribution >= 4 is 11.8 Å². The van der Waals surface area contributed by atoms with Gasteiger partial charge < -0.3 is 20.1 Å². The van der Waals surface area contributed by atoms with E-state index in [1.165, 1.54) is 89.9 Å². The Morgan fingerprint density at radius 2 is 0.891 bits per heavy atom. The van der Waals surface area contributed by atoms with Crippen LogP contribution in [0.4, 0.5) is 0 Å². The van der Waals surface area contributed by atoms with Crippen molar-refractivity contribution in [1.82, 2.24) is 10.6 Å². The van der Waals surface area contributed by atoms with Gasteiger partial charge in [0, 0.05) is 23.2 Å². The van der Waals surface area contributed by atoms with E-state index >= 15 is 0 Å². The predicted octanol–water partition coefficient (Wildman–Crippen LogP) is 10.2. The second-order valence-corrected chi connectivity index (χ2v) is 13.2. The number of hydrogen-bond acceptors (Lipinski definition) is 4. The molecule has 2 aromatic carbocycles. The van der Waals surface area contributed by atoms with Gasteiger partial charge in [-0.3, -0.25) is 9.59 Å². The van der Waals surface area contributed by atoms with Crippen LogP contribution < -0.4 is 20.1 Å². The summed E-state index contributed by atoms with van der Waals surface area (Å²) in [6.45, 7) is 5.93. The maximum absolute atomic E-state index is 13.0. The van der Waals surface area contributed by atoms with Gasteiger partial charge in [0.1, 0.15) is 11.5 Å². The predicted molar refractivity (Wildman–Crippen MR) is 190 cm³/mol. The summed E-state index contributed by atoms with van der Waals surface area (Å²) in [5, 5.41) is 6.37. The highest BCUT2D eigenvalue weighted by Gasteiger charge is 2.25. The fraction of sp³-hybridized carbons (Fsp3) is 0.650. The first kappa shape index (κ1) is 37.4. The van der Waals surface area contributed by atoms with Crippen molar-refractivity contribution in [2.75, 3.05) is 13.2 Å². The first-order valence-corrected chi connectivity index (χ1v) is 18.7. The molecule has 1 saturated carbocycles. The smallest absolute Gasteiger partial charge is 0.251 e. The van der Waals surface area contributed by atoms with E-state index in [4.69, 9.17) is 9.47 Å². The third kappa shape index (κ3) is 15.5. The molecule has 2 N–H and O–H groups in total. The number of unbranched alkanes of at least 4 members (excludes halogenated alkanes) is 14. The first-order valence-electron chi connectivity index (χ1n) is 18.7. The molecule has 0 spiro atoms. The molecule has 46 heavy (non-hydrogen) atoms. The summed E-state index contributed by atoms with van der Waals surface area (Å²) in [5.41, 5.74) is 1.27. The molecule has 0 aromatic heterocycles. The minimum absolute atomic E-state index is 0.0385. The second kappa shape index (κ2) is 23.3. The average molecular weight is 635 g/mol. The number of ether oxygens (including phenoxy) is 2. The normalized spacial score (nSPS) is 16.1. The molecule has 6 nitrogen and oxygen atoms in total. The van der Waals surface area contributed by atoms with E-state index in [-0.39, 0.29) is 23.9 Å². The van der Waals surface area contributed by atoms with E-state index in [2.05, 4.69) is 24.5 Å². The van der Waals surface area contributed by atoms with Gasteiger partial charge in [-0.05, 0) is 87.1 Å². The molecule has 0 saturated heterocycles. The molecule has 6 heteroatoms.